The van der Waals surface area contributed by atoms with Gasteiger partial charge in [0.05, 0.1) is 24.4 Å². The fourth-order valence-corrected chi connectivity index (χ4v) is 7.99. The zero-order chi connectivity index (χ0) is 31.1. The number of benzene rings is 1. The van der Waals surface area contributed by atoms with Crippen molar-refractivity contribution < 1.29 is 19.0 Å². The van der Waals surface area contributed by atoms with Crippen LogP contribution >= 0.6 is 0 Å². The molecule has 1 saturated carbocycles. The molecule has 4 heterocycles. The van der Waals surface area contributed by atoms with E-state index in [4.69, 9.17) is 14.2 Å². The lowest BCUT2D eigenvalue weighted by atomic mass is 9.87. The molecule has 44 heavy (non-hydrogen) atoms. The number of rotatable bonds is 9. The van der Waals surface area contributed by atoms with Crippen LogP contribution in [0.15, 0.2) is 23.0 Å². The lowest BCUT2D eigenvalue weighted by molar-refractivity contribution is -0.103. The number of hydrogen-bond donors (Lipinski definition) is 2. The molecule has 1 aliphatic carbocycles. The Labute approximate surface area is 261 Å². The molecule has 4 aliphatic rings. The van der Waals surface area contributed by atoms with Gasteiger partial charge in [-0.3, -0.25) is 14.5 Å². The van der Waals surface area contributed by atoms with Gasteiger partial charge in [-0.15, -0.1) is 0 Å². The molecule has 3 saturated heterocycles. The molecule has 2 unspecified atom stereocenters. The molecule has 6 rings (SSSR count). The average Bonchev–Trinajstić information content (AvgIpc) is 3.28. The van der Waals surface area contributed by atoms with E-state index in [0.717, 1.165) is 86.4 Å². The number of aryl methyl sites for hydroxylation is 2. The molecular weight excluding hydrogens is 556 g/mol. The maximum atomic E-state index is 13.8. The van der Waals surface area contributed by atoms with Crippen molar-refractivity contribution in [1.29, 1.82) is 0 Å². The highest BCUT2D eigenvalue weighted by Gasteiger charge is 2.40. The van der Waals surface area contributed by atoms with E-state index >= 15 is 0 Å². The number of anilines is 1. The molecule has 1 aromatic heterocycles. The fourth-order valence-electron chi connectivity index (χ4n) is 7.99. The first-order chi connectivity index (χ1) is 21.1. The third kappa shape index (κ3) is 6.56. The molecular formula is C35H50N4O5. The zero-order valence-electron chi connectivity index (χ0n) is 27.3. The Morgan fingerprint density at radius 1 is 1.02 bits per heavy atom. The van der Waals surface area contributed by atoms with Crippen LogP contribution in [-0.4, -0.2) is 78.0 Å². The molecule has 4 fully saturated rings. The van der Waals surface area contributed by atoms with Crippen LogP contribution in [0.5, 0.6) is 5.75 Å². The minimum Gasteiger partial charge on any atom is -0.490 e. The van der Waals surface area contributed by atoms with Gasteiger partial charge in [0.15, 0.2) is 0 Å². The molecule has 2 bridgehead atoms. The lowest BCUT2D eigenvalue weighted by Crippen LogP contribution is -2.56. The number of amides is 1. The van der Waals surface area contributed by atoms with E-state index < -0.39 is 0 Å². The van der Waals surface area contributed by atoms with Gasteiger partial charge in [-0.25, -0.2) is 0 Å². The minimum atomic E-state index is -0.195. The van der Waals surface area contributed by atoms with Crippen LogP contribution < -0.4 is 20.5 Å². The summed E-state index contributed by atoms with van der Waals surface area (Å²) in [6.45, 7) is 15.2. The van der Waals surface area contributed by atoms with Crippen LogP contribution in [0.1, 0.15) is 92.0 Å². The van der Waals surface area contributed by atoms with Crippen LogP contribution in [0.3, 0.4) is 0 Å². The van der Waals surface area contributed by atoms with Crippen LogP contribution in [0.25, 0.3) is 0 Å². The largest absolute Gasteiger partial charge is 0.490 e. The Hall–Kier alpha value is -2.88. The number of H-pyrrole nitrogens is 1. The molecule has 240 valence electrons. The second-order valence-electron chi connectivity index (χ2n) is 13.7. The molecule has 2 N–H and O–H groups in total. The van der Waals surface area contributed by atoms with Crippen molar-refractivity contribution in [2.75, 3.05) is 24.5 Å². The number of aromatic amines is 1. The smallest absolute Gasteiger partial charge is 0.253 e. The van der Waals surface area contributed by atoms with Gasteiger partial charge in [0.25, 0.3) is 11.5 Å². The van der Waals surface area contributed by atoms with E-state index in [1.807, 2.05) is 32.9 Å². The van der Waals surface area contributed by atoms with Crippen molar-refractivity contribution in [3.63, 3.8) is 0 Å². The summed E-state index contributed by atoms with van der Waals surface area (Å²) in [6.07, 6.45) is 7.49. The van der Waals surface area contributed by atoms with E-state index in [1.54, 1.807) is 0 Å². The van der Waals surface area contributed by atoms with E-state index in [2.05, 4.69) is 46.9 Å². The first-order valence-electron chi connectivity index (χ1n) is 16.7. The van der Waals surface area contributed by atoms with Gasteiger partial charge in [-0.1, -0.05) is 0 Å². The second-order valence-corrected chi connectivity index (χ2v) is 13.7. The minimum absolute atomic E-state index is 0.114. The molecule has 0 spiro atoms. The van der Waals surface area contributed by atoms with Crippen molar-refractivity contribution in [3.8, 4) is 5.75 Å². The normalized spacial score (nSPS) is 30.1. The van der Waals surface area contributed by atoms with Gasteiger partial charge in [0.2, 0.25) is 0 Å². The number of fused-ring (bicyclic) bond motifs is 2. The van der Waals surface area contributed by atoms with Gasteiger partial charge >= 0.3 is 0 Å². The highest BCUT2D eigenvalue weighted by molar-refractivity contribution is 5.97. The Morgan fingerprint density at radius 3 is 2.34 bits per heavy atom. The van der Waals surface area contributed by atoms with E-state index in [9.17, 15) is 9.59 Å². The van der Waals surface area contributed by atoms with Crippen LogP contribution in [-0.2, 0) is 16.0 Å². The monoisotopic (exact) mass is 606 g/mol. The summed E-state index contributed by atoms with van der Waals surface area (Å²) in [7, 11) is 0. The fraction of sp³-hybridized carbons (Fsp3) is 0.657. The zero-order valence-corrected chi connectivity index (χ0v) is 27.3. The quantitative estimate of drug-likeness (QED) is 0.424. The summed E-state index contributed by atoms with van der Waals surface area (Å²) in [6, 6.07) is 6.85. The number of ether oxygens (including phenoxy) is 3. The van der Waals surface area contributed by atoms with Crippen LogP contribution in [0.2, 0.25) is 0 Å². The number of pyridine rings is 1. The summed E-state index contributed by atoms with van der Waals surface area (Å²) in [5.41, 5.74) is 4.69. The van der Waals surface area contributed by atoms with Gasteiger partial charge in [0, 0.05) is 79.7 Å². The molecule has 1 aromatic carbocycles. The van der Waals surface area contributed by atoms with Gasteiger partial charge < -0.3 is 29.4 Å². The Morgan fingerprint density at radius 2 is 1.70 bits per heavy atom. The van der Waals surface area contributed by atoms with E-state index in [0.29, 0.717) is 35.4 Å². The molecule has 0 radical (unpaired) electrons. The lowest BCUT2D eigenvalue weighted by Gasteiger charge is -2.47. The number of nitrogens with zero attached hydrogens (tertiary/aromatic N) is 2. The molecule has 2 aromatic rings. The number of carbonyl (C=O) groups is 1. The standard InChI is InChI=1S/C35H50N4O5/c1-7-39(26-13-27-8-9-28(14-26)43-27)33-16-30(44-29-11-25(12-29)38-18-22(4)42-23(5)19-38)15-31(24(33)6)34(40)36-17-32-20(2)10-21(3)37-35(32)41/h10,15-16,22-23,25-29H,7-9,11-14,17-19H2,1-6H3,(H,36,40)(H,37,41)/t22-,23+,25-,26?,27?,28?,29-. The number of hydrogen-bond acceptors (Lipinski definition) is 7. The summed E-state index contributed by atoms with van der Waals surface area (Å²) >= 11 is 0. The van der Waals surface area contributed by atoms with Gasteiger partial charge in [-0.2, -0.15) is 0 Å². The maximum absolute atomic E-state index is 13.8. The van der Waals surface area contributed by atoms with Crippen LogP contribution in [0, 0.1) is 20.8 Å². The number of carbonyl (C=O) groups excluding carboxylic acids is 1. The molecule has 1 amide bonds. The summed E-state index contributed by atoms with van der Waals surface area (Å²) in [5, 5.41) is 3.04. The summed E-state index contributed by atoms with van der Waals surface area (Å²) in [4.78, 5) is 34.3. The van der Waals surface area contributed by atoms with Crippen molar-refractivity contribution in [2.24, 2.45) is 0 Å². The second kappa shape index (κ2) is 12.9. The Balaban J connectivity index is 1.23. The topological polar surface area (TPSA) is 96.1 Å². The van der Waals surface area contributed by atoms with Crippen LogP contribution in [0.4, 0.5) is 5.69 Å². The summed E-state index contributed by atoms with van der Waals surface area (Å²) < 4.78 is 18.7. The molecule has 4 atom stereocenters. The molecule has 3 aliphatic heterocycles. The number of aromatic nitrogens is 1. The SMILES string of the molecule is CCN(c1cc(O[C@H]2C[C@H](N3C[C@@H](C)O[C@@H](C)C3)C2)cc(C(=O)NCc2c(C)cc(C)[nH]c2=O)c1C)C1CC2CCC(C1)O2. The number of nitrogens with one attached hydrogen (secondary N) is 2. The third-order valence-electron chi connectivity index (χ3n) is 10.2. The highest BCUT2D eigenvalue weighted by Crippen LogP contribution is 2.40. The Bertz CT molecular complexity index is 1400. The number of morpholine rings is 1. The van der Waals surface area contributed by atoms with Gasteiger partial charge in [0.1, 0.15) is 11.9 Å². The highest BCUT2D eigenvalue weighted by atomic mass is 16.5. The van der Waals surface area contributed by atoms with Gasteiger partial charge in [-0.05, 0) is 90.5 Å². The Kier molecular flexibility index (Phi) is 9.09. The first-order valence-corrected chi connectivity index (χ1v) is 16.7. The van der Waals surface area contributed by atoms with Crippen molar-refractivity contribution in [2.45, 2.75) is 129 Å². The summed E-state index contributed by atoms with van der Waals surface area (Å²) in [5.74, 6) is 0.542. The first kappa shape index (κ1) is 31.1. The van der Waals surface area contributed by atoms with Crippen molar-refractivity contribution >= 4 is 11.6 Å². The maximum Gasteiger partial charge on any atom is 0.253 e. The van der Waals surface area contributed by atoms with E-state index in [1.165, 1.54) is 0 Å². The third-order valence-corrected chi connectivity index (χ3v) is 10.2. The predicted molar refractivity (Wildman–Crippen MR) is 172 cm³/mol. The molecule has 9 nitrogen and oxygen atoms in total. The van der Waals surface area contributed by atoms with E-state index in [-0.39, 0.29) is 36.3 Å². The predicted octanol–water partition coefficient (Wildman–Crippen LogP) is 4.79. The molecule has 9 heteroatoms. The van der Waals surface area contributed by atoms with Crippen molar-refractivity contribution in [1.82, 2.24) is 15.2 Å². The van der Waals surface area contributed by atoms with Crippen molar-refractivity contribution in [3.05, 3.63) is 56.5 Å². The average molecular weight is 607 g/mol.